The smallest absolute Gasteiger partial charge is 0.324 e. The Bertz CT molecular complexity index is 705. The van der Waals surface area contributed by atoms with Crippen molar-refractivity contribution in [3.05, 3.63) is 71.0 Å². The number of aryl methyl sites for hydroxylation is 2. The largest absolute Gasteiger partial charge is 0.425 e. The van der Waals surface area contributed by atoms with Crippen molar-refractivity contribution in [2.45, 2.75) is 24.2 Å². The molecule has 0 aliphatic heterocycles. The Hall–Kier alpha value is -1.69. The van der Waals surface area contributed by atoms with E-state index in [1.165, 1.54) is 12.1 Å². The Kier molecular flexibility index (Phi) is 6.33. The van der Waals surface area contributed by atoms with Crippen LogP contribution in [0.4, 0.5) is 4.39 Å². The zero-order chi connectivity index (χ0) is 16.8. The van der Waals surface area contributed by atoms with Gasteiger partial charge in [-0.25, -0.2) is 4.39 Å². The van der Waals surface area contributed by atoms with Crippen LogP contribution in [0.25, 0.3) is 6.08 Å². The summed E-state index contributed by atoms with van der Waals surface area (Å²) in [6.07, 6.45) is 4.19. The van der Waals surface area contributed by atoms with E-state index in [1.54, 1.807) is 12.1 Å². The van der Waals surface area contributed by atoms with Gasteiger partial charge < -0.3 is 4.74 Å². The highest BCUT2D eigenvalue weighted by Crippen LogP contribution is 2.24. The average molecular weight is 424 g/mol. The Morgan fingerprint density at radius 3 is 2.52 bits per heavy atom. The number of allylic oxidation sites excluding steroid dienone is 1. The third-order valence-corrected chi connectivity index (χ3v) is 4.39. The van der Waals surface area contributed by atoms with Crippen LogP contribution in [0.3, 0.4) is 0 Å². The van der Waals surface area contributed by atoms with Crippen molar-refractivity contribution in [2.24, 2.45) is 0 Å². The van der Waals surface area contributed by atoms with Gasteiger partial charge in [0.15, 0.2) is 0 Å². The van der Waals surface area contributed by atoms with Gasteiger partial charge in [0.1, 0.15) is 15.5 Å². The molecular weight excluding hydrogens is 406 g/mol. The number of ether oxygens (including phenoxy) is 1. The second-order valence-electron chi connectivity index (χ2n) is 5.30. The van der Waals surface area contributed by atoms with E-state index in [9.17, 15) is 9.18 Å². The van der Waals surface area contributed by atoms with Crippen molar-refractivity contribution in [3.63, 3.8) is 0 Å². The van der Waals surface area contributed by atoms with E-state index in [2.05, 4.69) is 22.6 Å². The number of esters is 1. The molecule has 23 heavy (non-hydrogen) atoms. The minimum atomic E-state index is -0.295. The lowest BCUT2D eigenvalue weighted by molar-refractivity contribution is -0.133. The summed E-state index contributed by atoms with van der Waals surface area (Å²) in [7, 11) is 0. The lowest BCUT2D eigenvalue weighted by Gasteiger charge is -2.12. The molecule has 2 rings (SSSR count). The predicted molar refractivity (Wildman–Crippen MR) is 99.4 cm³/mol. The second kappa shape index (κ2) is 8.24. The summed E-state index contributed by atoms with van der Waals surface area (Å²) in [6, 6.07) is 12.1. The first-order valence-electron chi connectivity index (χ1n) is 7.31. The lowest BCUT2D eigenvalue weighted by Crippen LogP contribution is -2.20. The summed E-state index contributed by atoms with van der Waals surface area (Å²) in [5, 5.41) is 0. The Morgan fingerprint density at radius 1 is 1.22 bits per heavy atom. The van der Waals surface area contributed by atoms with E-state index in [1.807, 2.05) is 44.2 Å². The quantitative estimate of drug-likeness (QED) is 0.284. The molecule has 2 aromatic rings. The molecular formula is C19H18FIO2. The molecule has 0 spiro atoms. The number of hydrogen-bond donors (Lipinski definition) is 0. The molecule has 0 N–H and O–H groups in total. The fourth-order valence-electron chi connectivity index (χ4n) is 2.15. The SMILES string of the molecule is Cc1cccc(C)c1OC(=O)C(I)C/C=C/c1cccc(F)c1. The molecule has 0 saturated heterocycles. The summed E-state index contributed by atoms with van der Waals surface area (Å²) in [5.41, 5.74) is 2.66. The molecule has 2 nitrogen and oxygen atoms in total. The van der Waals surface area contributed by atoms with Crippen LogP contribution in [-0.4, -0.2) is 9.89 Å². The number of rotatable bonds is 5. The maximum atomic E-state index is 13.1. The van der Waals surface area contributed by atoms with Crippen molar-refractivity contribution in [1.82, 2.24) is 0 Å². The van der Waals surface area contributed by atoms with Crippen LogP contribution in [0.5, 0.6) is 5.75 Å². The van der Waals surface area contributed by atoms with Crippen molar-refractivity contribution < 1.29 is 13.9 Å². The Morgan fingerprint density at radius 2 is 1.87 bits per heavy atom. The van der Waals surface area contributed by atoms with Crippen LogP contribution < -0.4 is 4.74 Å². The molecule has 1 atom stereocenters. The van der Waals surface area contributed by atoms with Gasteiger partial charge in [0.25, 0.3) is 0 Å². The number of benzene rings is 2. The fourth-order valence-corrected chi connectivity index (χ4v) is 2.58. The van der Waals surface area contributed by atoms with Crippen LogP contribution in [0.1, 0.15) is 23.1 Å². The highest BCUT2D eigenvalue weighted by Gasteiger charge is 2.17. The Balaban J connectivity index is 1.95. The van der Waals surface area contributed by atoms with E-state index in [-0.39, 0.29) is 15.7 Å². The van der Waals surface area contributed by atoms with Crippen molar-refractivity contribution in [1.29, 1.82) is 0 Å². The topological polar surface area (TPSA) is 26.3 Å². The highest BCUT2D eigenvalue weighted by atomic mass is 127. The number of carbonyl (C=O) groups excluding carboxylic acids is 1. The zero-order valence-corrected chi connectivity index (χ0v) is 15.2. The van der Waals surface area contributed by atoms with Crippen LogP contribution in [-0.2, 0) is 4.79 Å². The van der Waals surface area contributed by atoms with Crippen LogP contribution in [0.15, 0.2) is 48.5 Å². The van der Waals surface area contributed by atoms with Gasteiger partial charge in [-0.05, 0) is 49.1 Å². The summed E-state index contributed by atoms with van der Waals surface area (Å²) in [6.45, 7) is 3.84. The molecule has 0 aliphatic rings. The maximum Gasteiger partial charge on any atom is 0.324 e. The van der Waals surface area contributed by atoms with E-state index < -0.39 is 0 Å². The Labute approximate surface area is 149 Å². The van der Waals surface area contributed by atoms with Gasteiger partial charge in [-0.1, -0.05) is 65.1 Å². The zero-order valence-electron chi connectivity index (χ0n) is 13.1. The third kappa shape index (κ3) is 5.16. The van der Waals surface area contributed by atoms with Gasteiger partial charge >= 0.3 is 5.97 Å². The van der Waals surface area contributed by atoms with Gasteiger partial charge in [0.05, 0.1) is 0 Å². The standard InChI is InChI=1S/C19H18FIO2/c1-13-6-3-7-14(2)18(13)23-19(22)17(21)11-5-9-15-8-4-10-16(20)12-15/h3-10,12,17H,11H2,1-2H3/b9-5+. The molecule has 0 bridgehead atoms. The predicted octanol–water partition coefficient (Wildman–Crippen LogP) is 5.26. The molecule has 0 heterocycles. The van der Waals surface area contributed by atoms with Crippen LogP contribution >= 0.6 is 22.6 Å². The first-order chi connectivity index (χ1) is 11.0. The maximum absolute atomic E-state index is 13.1. The van der Waals surface area contributed by atoms with Crippen molar-refractivity contribution >= 4 is 34.6 Å². The minimum absolute atomic E-state index is 0.271. The number of halogens is 2. The molecule has 2 aromatic carbocycles. The number of para-hydroxylation sites is 1. The van der Waals surface area contributed by atoms with Gasteiger partial charge in [-0.2, -0.15) is 0 Å². The number of alkyl halides is 1. The molecule has 0 fully saturated rings. The van der Waals surface area contributed by atoms with Crippen LogP contribution in [0.2, 0.25) is 0 Å². The first kappa shape index (κ1) is 17.7. The third-order valence-electron chi connectivity index (χ3n) is 3.37. The lowest BCUT2D eigenvalue weighted by atomic mass is 10.1. The van der Waals surface area contributed by atoms with E-state index in [0.717, 1.165) is 16.7 Å². The molecule has 120 valence electrons. The van der Waals surface area contributed by atoms with Crippen molar-refractivity contribution in [3.8, 4) is 5.75 Å². The summed E-state index contributed by atoms with van der Waals surface area (Å²) >= 11 is 2.07. The monoisotopic (exact) mass is 424 g/mol. The molecule has 0 saturated carbocycles. The molecule has 0 aromatic heterocycles. The summed E-state index contributed by atoms with van der Waals surface area (Å²) < 4.78 is 18.3. The van der Waals surface area contributed by atoms with Gasteiger partial charge in [0.2, 0.25) is 0 Å². The van der Waals surface area contributed by atoms with E-state index >= 15 is 0 Å². The first-order valence-corrected chi connectivity index (χ1v) is 8.56. The van der Waals surface area contributed by atoms with Gasteiger partial charge in [0, 0.05) is 0 Å². The van der Waals surface area contributed by atoms with E-state index in [0.29, 0.717) is 12.2 Å². The minimum Gasteiger partial charge on any atom is -0.425 e. The molecule has 4 heteroatoms. The number of carbonyl (C=O) groups is 1. The summed E-state index contributed by atoms with van der Waals surface area (Å²) in [5.74, 6) is 0.0905. The fraction of sp³-hybridized carbons (Fsp3) is 0.211. The van der Waals surface area contributed by atoms with Crippen molar-refractivity contribution in [2.75, 3.05) is 0 Å². The molecule has 0 radical (unpaired) electrons. The second-order valence-corrected chi connectivity index (χ2v) is 6.81. The van der Waals surface area contributed by atoms with Gasteiger partial charge in [-0.3, -0.25) is 4.79 Å². The average Bonchev–Trinajstić information content (AvgIpc) is 2.51. The van der Waals surface area contributed by atoms with E-state index in [4.69, 9.17) is 4.74 Å². The normalized spacial score (nSPS) is 12.3. The summed E-state index contributed by atoms with van der Waals surface area (Å²) in [4.78, 5) is 12.2. The molecule has 0 amide bonds. The molecule has 1 unspecified atom stereocenters. The van der Waals surface area contributed by atoms with Crippen LogP contribution in [0, 0.1) is 19.7 Å². The highest BCUT2D eigenvalue weighted by molar-refractivity contribution is 14.1. The van der Waals surface area contributed by atoms with Gasteiger partial charge in [-0.15, -0.1) is 0 Å². The number of hydrogen-bond acceptors (Lipinski definition) is 2. The molecule has 0 aliphatic carbocycles.